The third-order valence-electron chi connectivity index (χ3n) is 3.32. The monoisotopic (exact) mass is 275 g/mol. The van der Waals surface area contributed by atoms with Crippen molar-refractivity contribution in [3.8, 4) is 0 Å². The lowest BCUT2D eigenvalue weighted by molar-refractivity contribution is 0.497. The maximum atomic E-state index is 13.4. The zero-order chi connectivity index (χ0) is 14.5. The van der Waals surface area contributed by atoms with Crippen LogP contribution in [0.3, 0.4) is 0 Å². The van der Waals surface area contributed by atoms with E-state index in [2.05, 4.69) is 17.4 Å². The lowest BCUT2D eigenvalue weighted by Crippen LogP contribution is -2.23. The fourth-order valence-corrected chi connectivity index (χ4v) is 2.36. The summed E-state index contributed by atoms with van der Waals surface area (Å²) in [6, 6.07) is 12.3. The molecule has 1 atom stereocenters. The van der Waals surface area contributed by atoms with Crippen molar-refractivity contribution < 1.29 is 8.78 Å². The lowest BCUT2D eigenvalue weighted by Gasteiger charge is -2.19. The molecule has 0 aliphatic carbocycles. The lowest BCUT2D eigenvalue weighted by atomic mass is 9.97. The van der Waals surface area contributed by atoms with E-state index in [4.69, 9.17) is 0 Å². The van der Waals surface area contributed by atoms with Crippen LogP contribution >= 0.6 is 0 Å². The third kappa shape index (κ3) is 3.64. The predicted molar refractivity (Wildman–Crippen MR) is 77.7 cm³/mol. The van der Waals surface area contributed by atoms with E-state index in [1.807, 2.05) is 26.0 Å². The molecule has 1 N–H and O–H groups in total. The van der Waals surface area contributed by atoms with E-state index in [1.165, 1.54) is 23.3 Å². The number of hydrogen-bond donors (Lipinski definition) is 1. The van der Waals surface area contributed by atoms with Gasteiger partial charge in [-0.3, -0.25) is 0 Å². The summed E-state index contributed by atoms with van der Waals surface area (Å²) in [6.07, 6.45) is 0.751. The summed E-state index contributed by atoms with van der Waals surface area (Å²) in [5.74, 6) is -1.60. The van der Waals surface area contributed by atoms with Crippen LogP contribution in [0, 0.1) is 18.6 Å². The van der Waals surface area contributed by atoms with Gasteiger partial charge in [0, 0.05) is 6.04 Å². The highest BCUT2D eigenvalue weighted by Crippen LogP contribution is 2.21. The first-order chi connectivity index (χ1) is 9.60. The molecule has 2 rings (SSSR count). The van der Waals surface area contributed by atoms with E-state index < -0.39 is 11.6 Å². The molecular weight excluding hydrogens is 256 g/mol. The second-order valence-corrected chi connectivity index (χ2v) is 4.98. The van der Waals surface area contributed by atoms with Crippen LogP contribution in [0.5, 0.6) is 0 Å². The largest absolute Gasteiger partial charge is 0.310 e. The molecule has 0 saturated heterocycles. The summed E-state index contributed by atoms with van der Waals surface area (Å²) < 4.78 is 26.4. The van der Waals surface area contributed by atoms with Crippen LogP contribution in [-0.2, 0) is 6.42 Å². The van der Waals surface area contributed by atoms with Gasteiger partial charge in [-0.2, -0.15) is 0 Å². The van der Waals surface area contributed by atoms with Crippen molar-refractivity contribution in [1.82, 2.24) is 5.32 Å². The number of halogens is 2. The Morgan fingerprint density at radius 1 is 1.05 bits per heavy atom. The van der Waals surface area contributed by atoms with Gasteiger partial charge in [0.05, 0.1) is 0 Å². The molecule has 0 aliphatic rings. The minimum Gasteiger partial charge on any atom is -0.310 e. The molecule has 106 valence electrons. The zero-order valence-electron chi connectivity index (χ0n) is 11.8. The number of hydrogen-bond acceptors (Lipinski definition) is 1. The average molecular weight is 275 g/mol. The molecule has 0 aromatic heterocycles. The van der Waals surface area contributed by atoms with Crippen molar-refractivity contribution in [2.75, 3.05) is 6.54 Å². The van der Waals surface area contributed by atoms with Crippen LogP contribution in [0.1, 0.15) is 29.7 Å². The Kier molecular flexibility index (Phi) is 4.85. The Bertz CT molecular complexity index is 581. The van der Waals surface area contributed by atoms with E-state index in [0.29, 0.717) is 0 Å². The van der Waals surface area contributed by atoms with Gasteiger partial charge < -0.3 is 5.32 Å². The molecule has 2 aromatic carbocycles. The van der Waals surface area contributed by atoms with Crippen LogP contribution in [0.15, 0.2) is 42.5 Å². The fraction of sp³-hybridized carbons (Fsp3) is 0.294. The van der Waals surface area contributed by atoms with Gasteiger partial charge in [0.25, 0.3) is 0 Å². The standard InChI is InChI=1S/C17H19F2N/c1-3-20-17(10-13-6-4-5-12(2)9-13)14-7-8-15(18)16(19)11-14/h4-9,11,17,20H,3,10H2,1-2H3. The number of benzene rings is 2. The molecule has 0 fully saturated rings. The summed E-state index contributed by atoms with van der Waals surface area (Å²) in [6.45, 7) is 4.82. The van der Waals surface area contributed by atoms with E-state index >= 15 is 0 Å². The molecule has 1 unspecified atom stereocenters. The second-order valence-electron chi connectivity index (χ2n) is 4.98. The van der Waals surface area contributed by atoms with Crippen molar-refractivity contribution in [3.05, 3.63) is 70.8 Å². The van der Waals surface area contributed by atoms with Gasteiger partial charge >= 0.3 is 0 Å². The smallest absolute Gasteiger partial charge is 0.159 e. The Morgan fingerprint density at radius 3 is 2.50 bits per heavy atom. The number of rotatable bonds is 5. The molecule has 20 heavy (non-hydrogen) atoms. The minimum atomic E-state index is -0.806. The predicted octanol–water partition coefficient (Wildman–Crippen LogP) is 4.17. The second kappa shape index (κ2) is 6.62. The van der Waals surface area contributed by atoms with Gasteiger partial charge in [-0.1, -0.05) is 42.8 Å². The summed E-state index contributed by atoms with van der Waals surface area (Å²) in [5.41, 5.74) is 3.15. The van der Waals surface area contributed by atoms with Gasteiger partial charge in [-0.25, -0.2) is 8.78 Å². The normalized spacial score (nSPS) is 12.4. The van der Waals surface area contributed by atoms with Gasteiger partial charge in [-0.15, -0.1) is 0 Å². The molecule has 0 aliphatic heterocycles. The molecule has 1 nitrogen and oxygen atoms in total. The summed E-state index contributed by atoms with van der Waals surface area (Å²) in [7, 11) is 0. The van der Waals surface area contributed by atoms with Crippen molar-refractivity contribution in [3.63, 3.8) is 0 Å². The highest BCUT2D eigenvalue weighted by atomic mass is 19.2. The van der Waals surface area contributed by atoms with E-state index in [9.17, 15) is 8.78 Å². The van der Waals surface area contributed by atoms with Crippen molar-refractivity contribution >= 4 is 0 Å². The fourth-order valence-electron chi connectivity index (χ4n) is 2.36. The number of likely N-dealkylation sites (N-methyl/N-ethyl adjacent to an activating group) is 1. The van der Waals surface area contributed by atoms with Crippen LogP contribution in [0.25, 0.3) is 0 Å². The van der Waals surface area contributed by atoms with Gasteiger partial charge in [0.2, 0.25) is 0 Å². The highest BCUT2D eigenvalue weighted by Gasteiger charge is 2.13. The Labute approximate surface area is 118 Å². The van der Waals surface area contributed by atoms with E-state index in [1.54, 1.807) is 6.07 Å². The summed E-state index contributed by atoms with van der Waals surface area (Å²) >= 11 is 0. The van der Waals surface area contributed by atoms with Gasteiger partial charge in [0.15, 0.2) is 11.6 Å². The molecule has 0 heterocycles. The third-order valence-corrected chi connectivity index (χ3v) is 3.32. The maximum absolute atomic E-state index is 13.4. The molecule has 0 spiro atoms. The summed E-state index contributed by atoms with van der Waals surface area (Å²) in [5, 5.41) is 3.32. The van der Waals surface area contributed by atoms with Gasteiger partial charge in [-0.05, 0) is 43.1 Å². The quantitative estimate of drug-likeness (QED) is 0.863. The Hall–Kier alpha value is -1.74. The minimum absolute atomic E-state index is 0.0168. The first kappa shape index (κ1) is 14.7. The zero-order valence-corrected chi connectivity index (χ0v) is 11.8. The summed E-state index contributed by atoms with van der Waals surface area (Å²) in [4.78, 5) is 0. The Balaban J connectivity index is 2.24. The molecule has 0 amide bonds. The molecule has 0 radical (unpaired) electrons. The molecule has 0 bridgehead atoms. The maximum Gasteiger partial charge on any atom is 0.159 e. The van der Waals surface area contributed by atoms with Crippen LogP contribution in [0.2, 0.25) is 0 Å². The van der Waals surface area contributed by atoms with E-state index in [0.717, 1.165) is 18.5 Å². The molecule has 3 heteroatoms. The number of nitrogens with one attached hydrogen (secondary N) is 1. The van der Waals surface area contributed by atoms with E-state index in [-0.39, 0.29) is 6.04 Å². The van der Waals surface area contributed by atoms with Crippen LogP contribution in [-0.4, -0.2) is 6.54 Å². The molecular formula is C17H19F2N. The SMILES string of the molecule is CCNC(Cc1cccc(C)c1)c1ccc(F)c(F)c1. The first-order valence-corrected chi connectivity index (χ1v) is 6.84. The highest BCUT2D eigenvalue weighted by molar-refractivity contribution is 5.27. The molecule has 2 aromatic rings. The van der Waals surface area contributed by atoms with Crippen molar-refractivity contribution in [2.24, 2.45) is 0 Å². The topological polar surface area (TPSA) is 12.0 Å². The first-order valence-electron chi connectivity index (χ1n) is 6.84. The average Bonchev–Trinajstić information content (AvgIpc) is 2.41. The Morgan fingerprint density at radius 2 is 1.85 bits per heavy atom. The van der Waals surface area contributed by atoms with Gasteiger partial charge in [0.1, 0.15) is 0 Å². The molecule has 0 saturated carbocycles. The van der Waals surface area contributed by atoms with Crippen LogP contribution < -0.4 is 5.32 Å². The van der Waals surface area contributed by atoms with Crippen LogP contribution in [0.4, 0.5) is 8.78 Å². The number of aryl methyl sites for hydroxylation is 1. The van der Waals surface area contributed by atoms with Crippen molar-refractivity contribution in [2.45, 2.75) is 26.3 Å². The van der Waals surface area contributed by atoms with Crippen molar-refractivity contribution in [1.29, 1.82) is 0 Å².